The molecule has 1 aliphatic rings. The normalized spacial score (nSPS) is 15.3. The third-order valence-electron chi connectivity index (χ3n) is 4.47. The maximum atomic E-state index is 13.1. The minimum Gasteiger partial charge on any atom is -0.482 e. The maximum absolute atomic E-state index is 13.1. The van der Waals surface area contributed by atoms with Crippen LogP contribution in [0.3, 0.4) is 0 Å². The lowest BCUT2D eigenvalue weighted by atomic mass is 10.2. The van der Waals surface area contributed by atoms with Crippen LogP contribution in [-0.2, 0) is 14.8 Å². The number of fused-ring (bicyclic) bond motifs is 2. The summed E-state index contributed by atoms with van der Waals surface area (Å²) in [6.45, 7) is 1.73. The van der Waals surface area contributed by atoms with Gasteiger partial charge >= 0.3 is 0 Å². The number of anilines is 1. The van der Waals surface area contributed by atoms with Crippen LogP contribution >= 0.6 is 11.3 Å². The summed E-state index contributed by atoms with van der Waals surface area (Å²) in [5, 5.41) is 3.35. The van der Waals surface area contributed by atoms with Crippen LogP contribution in [0.25, 0.3) is 10.2 Å². The van der Waals surface area contributed by atoms with Crippen LogP contribution < -0.4 is 10.1 Å². The number of rotatable bonds is 4. The molecule has 1 aromatic heterocycles. The van der Waals surface area contributed by atoms with Crippen molar-refractivity contribution in [3.05, 3.63) is 47.5 Å². The zero-order chi connectivity index (χ0) is 19.2. The van der Waals surface area contributed by atoms with E-state index in [1.165, 1.54) is 34.8 Å². The first kappa shape index (κ1) is 17.9. The van der Waals surface area contributed by atoms with Crippen molar-refractivity contribution >= 4 is 43.2 Å². The minimum atomic E-state index is -3.78. The van der Waals surface area contributed by atoms with Crippen molar-refractivity contribution in [1.29, 1.82) is 0 Å². The molecule has 4 rings (SSSR count). The lowest BCUT2D eigenvalue weighted by Gasteiger charge is -2.24. The molecule has 1 amide bonds. The van der Waals surface area contributed by atoms with E-state index in [9.17, 15) is 13.2 Å². The molecule has 3 aromatic rings. The SMILES string of the molecule is C[C@@H](c1nc2ccccc2s1)N(C)S(=O)(=O)c1ccc2c(c1)NC(=O)CO2. The number of ether oxygens (including phenoxy) is 1. The molecule has 1 aliphatic heterocycles. The average Bonchev–Trinajstić information content (AvgIpc) is 3.10. The van der Waals surface area contributed by atoms with Gasteiger partial charge in [0.15, 0.2) is 6.61 Å². The highest BCUT2D eigenvalue weighted by atomic mass is 32.2. The minimum absolute atomic E-state index is 0.0758. The Morgan fingerprint density at radius 1 is 1.26 bits per heavy atom. The smallest absolute Gasteiger partial charge is 0.262 e. The van der Waals surface area contributed by atoms with E-state index in [1.807, 2.05) is 24.3 Å². The summed E-state index contributed by atoms with van der Waals surface area (Å²) in [7, 11) is -2.25. The van der Waals surface area contributed by atoms with Crippen molar-refractivity contribution in [3.63, 3.8) is 0 Å². The fourth-order valence-corrected chi connectivity index (χ4v) is 5.31. The number of carbonyl (C=O) groups excluding carboxylic acids is 1. The molecule has 0 radical (unpaired) electrons. The molecule has 1 atom stereocenters. The first-order chi connectivity index (χ1) is 12.9. The highest BCUT2D eigenvalue weighted by molar-refractivity contribution is 7.89. The predicted molar refractivity (Wildman–Crippen MR) is 104 cm³/mol. The Labute approximate surface area is 160 Å². The van der Waals surface area contributed by atoms with E-state index in [0.717, 1.165) is 15.2 Å². The molecule has 2 heterocycles. The summed E-state index contributed by atoms with van der Waals surface area (Å²) >= 11 is 1.47. The second-order valence-electron chi connectivity index (χ2n) is 6.21. The molecule has 0 saturated heterocycles. The number of hydrogen-bond donors (Lipinski definition) is 1. The molecular weight excluding hydrogens is 386 g/mol. The molecular formula is C18H17N3O4S2. The number of sulfonamides is 1. The van der Waals surface area contributed by atoms with E-state index >= 15 is 0 Å². The zero-order valence-corrected chi connectivity index (χ0v) is 16.3. The van der Waals surface area contributed by atoms with E-state index < -0.39 is 16.1 Å². The highest BCUT2D eigenvalue weighted by Gasteiger charge is 2.29. The Hall–Kier alpha value is -2.49. The van der Waals surface area contributed by atoms with Crippen molar-refractivity contribution in [2.75, 3.05) is 19.0 Å². The van der Waals surface area contributed by atoms with Crippen LogP contribution in [-0.4, -0.2) is 37.3 Å². The Morgan fingerprint density at radius 2 is 2.04 bits per heavy atom. The van der Waals surface area contributed by atoms with Crippen LogP contribution in [0.1, 0.15) is 18.0 Å². The van der Waals surface area contributed by atoms with Gasteiger partial charge in [-0.2, -0.15) is 4.31 Å². The predicted octanol–water partition coefficient (Wildman–Crippen LogP) is 3.01. The van der Waals surface area contributed by atoms with Gasteiger partial charge in [0.2, 0.25) is 10.0 Å². The van der Waals surface area contributed by atoms with E-state index in [4.69, 9.17) is 4.74 Å². The van der Waals surface area contributed by atoms with Crippen LogP contribution in [0.15, 0.2) is 47.4 Å². The quantitative estimate of drug-likeness (QED) is 0.723. The van der Waals surface area contributed by atoms with Gasteiger partial charge in [-0.1, -0.05) is 12.1 Å². The zero-order valence-electron chi connectivity index (χ0n) is 14.7. The Bertz CT molecular complexity index is 1110. The molecule has 0 bridgehead atoms. The first-order valence-electron chi connectivity index (χ1n) is 8.26. The molecule has 140 valence electrons. The summed E-state index contributed by atoms with van der Waals surface area (Å²) < 4.78 is 33.7. The van der Waals surface area contributed by atoms with Gasteiger partial charge in [-0.15, -0.1) is 11.3 Å². The number of amides is 1. The van der Waals surface area contributed by atoms with Crippen LogP contribution in [0, 0.1) is 0 Å². The van der Waals surface area contributed by atoms with Crippen LogP contribution in [0.2, 0.25) is 0 Å². The second kappa shape index (κ2) is 6.59. The standard InChI is InChI=1S/C18H17N3O4S2/c1-11(18-20-13-5-3-4-6-16(13)26-18)21(2)27(23,24)12-7-8-15-14(9-12)19-17(22)10-25-15/h3-9,11H,10H2,1-2H3,(H,19,22)/t11-/m0/s1. The van der Waals surface area contributed by atoms with Crippen molar-refractivity contribution < 1.29 is 17.9 Å². The van der Waals surface area contributed by atoms with Gasteiger partial charge < -0.3 is 10.1 Å². The number of benzene rings is 2. The number of hydrogen-bond acceptors (Lipinski definition) is 6. The van der Waals surface area contributed by atoms with Gasteiger partial charge in [0.25, 0.3) is 5.91 Å². The Balaban J connectivity index is 1.66. The van der Waals surface area contributed by atoms with Crippen LogP contribution in [0.4, 0.5) is 5.69 Å². The molecule has 0 saturated carbocycles. The average molecular weight is 403 g/mol. The molecule has 9 heteroatoms. The fraction of sp³-hybridized carbons (Fsp3) is 0.222. The molecule has 0 fully saturated rings. The molecule has 0 spiro atoms. The maximum Gasteiger partial charge on any atom is 0.262 e. The highest BCUT2D eigenvalue weighted by Crippen LogP contribution is 2.34. The van der Waals surface area contributed by atoms with Crippen molar-refractivity contribution in [2.24, 2.45) is 0 Å². The van der Waals surface area contributed by atoms with Gasteiger partial charge in [-0.3, -0.25) is 4.79 Å². The van der Waals surface area contributed by atoms with E-state index in [1.54, 1.807) is 13.0 Å². The topological polar surface area (TPSA) is 88.6 Å². The second-order valence-corrected chi connectivity index (χ2v) is 9.27. The third-order valence-corrected chi connectivity index (χ3v) is 7.60. The number of carbonyl (C=O) groups is 1. The number of thiazole rings is 1. The molecule has 7 nitrogen and oxygen atoms in total. The van der Waals surface area contributed by atoms with Crippen LogP contribution in [0.5, 0.6) is 5.75 Å². The molecule has 27 heavy (non-hydrogen) atoms. The van der Waals surface area contributed by atoms with Gasteiger partial charge in [0, 0.05) is 7.05 Å². The van der Waals surface area contributed by atoms with Gasteiger partial charge in [-0.05, 0) is 37.3 Å². The van der Waals surface area contributed by atoms with E-state index in [-0.39, 0.29) is 17.4 Å². The van der Waals surface area contributed by atoms with Crippen molar-refractivity contribution in [3.8, 4) is 5.75 Å². The van der Waals surface area contributed by atoms with Crippen molar-refractivity contribution in [1.82, 2.24) is 9.29 Å². The summed E-state index contributed by atoms with van der Waals surface area (Å²) in [5.41, 5.74) is 1.21. The molecule has 0 unspecified atom stereocenters. The summed E-state index contributed by atoms with van der Waals surface area (Å²) in [6.07, 6.45) is 0. The number of nitrogens with one attached hydrogen (secondary N) is 1. The summed E-state index contributed by atoms with van der Waals surface area (Å²) in [4.78, 5) is 16.1. The fourth-order valence-electron chi connectivity index (χ4n) is 2.82. The summed E-state index contributed by atoms with van der Waals surface area (Å²) in [6, 6.07) is 11.7. The lowest BCUT2D eigenvalue weighted by molar-refractivity contribution is -0.118. The monoisotopic (exact) mass is 403 g/mol. The Morgan fingerprint density at radius 3 is 2.81 bits per heavy atom. The lowest BCUT2D eigenvalue weighted by Crippen LogP contribution is -2.30. The van der Waals surface area contributed by atoms with E-state index in [2.05, 4.69) is 10.3 Å². The van der Waals surface area contributed by atoms with Crippen molar-refractivity contribution in [2.45, 2.75) is 17.9 Å². The Kier molecular flexibility index (Phi) is 4.37. The third kappa shape index (κ3) is 3.18. The first-order valence-corrected chi connectivity index (χ1v) is 10.5. The van der Waals surface area contributed by atoms with Gasteiger partial charge in [0.05, 0.1) is 26.8 Å². The van der Waals surface area contributed by atoms with E-state index in [0.29, 0.717) is 11.4 Å². The molecule has 1 N–H and O–H groups in total. The van der Waals surface area contributed by atoms with Gasteiger partial charge in [0.1, 0.15) is 10.8 Å². The molecule has 0 aliphatic carbocycles. The molecule has 2 aromatic carbocycles. The number of aromatic nitrogens is 1. The largest absolute Gasteiger partial charge is 0.482 e. The van der Waals surface area contributed by atoms with Gasteiger partial charge in [-0.25, -0.2) is 13.4 Å². The number of nitrogens with zero attached hydrogens (tertiary/aromatic N) is 2. The number of para-hydroxylation sites is 1. The summed E-state index contributed by atoms with van der Waals surface area (Å²) in [5.74, 6) is 0.142.